The number of carbonyl (C=O) groups excluding carboxylic acids is 1. The maximum atomic E-state index is 13.4. The summed E-state index contributed by atoms with van der Waals surface area (Å²) < 4.78 is 11.8. The van der Waals surface area contributed by atoms with Gasteiger partial charge in [-0.15, -0.1) is 0 Å². The van der Waals surface area contributed by atoms with Crippen LogP contribution < -0.4 is 10.5 Å². The van der Waals surface area contributed by atoms with Gasteiger partial charge >= 0.3 is 0 Å². The van der Waals surface area contributed by atoms with Crippen LogP contribution in [0.2, 0.25) is 0 Å². The van der Waals surface area contributed by atoms with Gasteiger partial charge in [0.15, 0.2) is 0 Å². The third-order valence-electron chi connectivity index (χ3n) is 8.47. The van der Waals surface area contributed by atoms with Crippen molar-refractivity contribution in [1.29, 1.82) is 0 Å². The van der Waals surface area contributed by atoms with E-state index in [0.29, 0.717) is 44.7 Å². The molecule has 208 valence electrons. The van der Waals surface area contributed by atoms with Gasteiger partial charge in [-0.1, -0.05) is 36.4 Å². The van der Waals surface area contributed by atoms with E-state index in [0.717, 1.165) is 48.1 Å². The molecule has 1 saturated heterocycles. The van der Waals surface area contributed by atoms with Gasteiger partial charge in [-0.25, -0.2) is 0 Å². The lowest BCUT2D eigenvalue weighted by Gasteiger charge is -2.44. The van der Waals surface area contributed by atoms with Crippen LogP contribution in [0.25, 0.3) is 0 Å². The van der Waals surface area contributed by atoms with Gasteiger partial charge in [-0.3, -0.25) is 4.79 Å². The van der Waals surface area contributed by atoms with Crippen molar-refractivity contribution in [2.45, 2.75) is 76.5 Å². The first-order valence-electron chi connectivity index (χ1n) is 14.0. The van der Waals surface area contributed by atoms with Gasteiger partial charge in [0, 0.05) is 50.2 Å². The van der Waals surface area contributed by atoms with Gasteiger partial charge in [0.25, 0.3) is 0 Å². The van der Waals surface area contributed by atoms with Crippen LogP contribution in [0.4, 0.5) is 0 Å². The van der Waals surface area contributed by atoms with Gasteiger partial charge in [0.05, 0.1) is 11.7 Å². The molecule has 2 fully saturated rings. The molecule has 1 aliphatic carbocycles. The van der Waals surface area contributed by atoms with Crippen LogP contribution in [-0.4, -0.2) is 60.0 Å². The Kier molecular flexibility index (Phi) is 9.47. The van der Waals surface area contributed by atoms with E-state index in [9.17, 15) is 15.0 Å². The number of aryl methyl sites for hydroxylation is 2. The number of para-hydroxylation sites is 2. The molecule has 38 heavy (non-hydrogen) atoms. The highest BCUT2D eigenvalue weighted by Crippen LogP contribution is 2.46. The Balaban J connectivity index is 1.65. The van der Waals surface area contributed by atoms with Crippen LogP contribution >= 0.6 is 0 Å². The fourth-order valence-electron chi connectivity index (χ4n) is 6.18. The zero-order chi connectivity index (χ0) is 27.3. The lowest BCUT2D eigenvalue weighted by molar-refractivity contribution is -0.141. The van der Waals surface area contributed by atoms with Gasteiger partial charge in [-0.05, 0) is 76.0 Å². The molecular weight excluding hydrogens is 480 g/mol. The van der Waals surface area contributed by atoms with E-state index in [1.54, 1.807) is 7.11 Å². The monoisotopic (exact) mass is 524 g/mol. The average molecular weight is 525 g/mol. The van der Waals surface area contributed by atoms with Gasteiger partial charge < -0.3 is 30.3 Å². The topological polar surface area (TPSA) is 105 Å². The number of methoxy groups -OCH3 is 1. The van der Waals surface area contributed by atoms with E-state index < -0.39 is 11.7 Å². The van der Waals surface area contributed by atoms with Crippen LogP contribution in [0, 0.1) is 25.7 Å². The minimum absolute atomic E-state index is 0.0454. The molecule has 1 saturated carbocycles. The number of aliphatic hydroxyl groups excluding tert-OH is 1. The first-order chi connectivity index (χ1) is 18.2. The van der Waals surface area contributed by atoms with E-state index in [2.05, 4.69) is 0 Å². The number of ether oxygens (including phenoxy) is 2. The number of benzene rings is 2. The zero-order valence-electron chi connectivity index (χ0n) is 23.1. The third-order valence-corrected chi connectivity index (χ3v) is 8.47. The number of aliphatic hydroxyl groups is 2. The molecule has 1 amide bonds. The number of likely N-dealkylation sites (tertiary alicyclic amines) is 1. The highest BCUT2D eigenvalue weighted by molar-refractivity contribution is 5.79. The van der Waals surface area contributed by atoms with Crippen molar-refractivity contribution in [3.8, 4) is 11.5 Å². The summed E-state index contributed by atoms with van der Waals surface area (Å²) >= 11 is 0. The Labute approximate surface area is 226 Å². The molecule has 2 aromatic rings. The smallest absolute Gasteiger partial charge is 0.225 e. The van der Waals surface area contributed by atoms with Crippen LogP contribution in [-0.2, 0) is 15.1 Å². The van der Waals surface area contributed by atoms with Crippen LogP contribution in [0.15, 0.2) is 42.5 Å². The molecular formula is C31H44N2O5. The van der Waals surface area contributed by atoms with E-state index in [-0.39, 0.29) is 23.8 Å². The van der Waals surface area contributed by atoms with E-state index in [1.165, 1.54) is 0 Å². The van der Waals surface area contributed by atoms with E-state index >= 15 is 0 Å². The van der Waals surface area contributed by atoms with Crippen molar-refractivity contribution >= 4 is 5.91 Å². The van der Waals surface area contributed by atoms with E-state index in [1.807, 2.05) is 61.2 Å². The predicted octanol–water partition coefficient (Wildman–Crippen LogP) is 4.44. The Bertz CT molecular complexity index is 1080. The molecule has 0 spiro atoms. The van der Waals surface area contributed by atoms with Crippen LogP contribution in [0.1, 0.15) is 61.6 Å². The molecule has 5 atom stereocenters. The zero-order valence-corrected chi connectivity index (χ0v) is 23.1. The number of piperidine rings is 1. The van der Waals surface area contributed by atoms with Crippen molar-refractivity contribution in [1.82, 2.24) is 4.90 Å². The summed E-state index contributed by atoms with van der Waals surface area (Å²) in [5.74, 6) is 1.09. The molecule has 0 unspecified atom stereocenters. The number of hydrogen-bond donors (Lipinski definition) is 3. The normalized spacial score (nSPS) is 25.3. The first kappa shape index (κ1) is 28.6. The maximum Gasteiger partial charge on any atom is 0.225 e. The summed E-state index contributed by atoms with van der Waals surface area (Å²) in [5.41, 5.74) is 7.59. The van der Waals surface area contributed by atoms with Crippen molar-refractivity contribution in [3.05, 3.63) is 59.2 Å². The molecule has 0 aromatic heterocycles. The summed E-state index contributed by atoms with van der Waals surface area (Å²) in [5, 5.41) is 22.7. The molecule has 1 aliphatic heterocycles. The van der Waals surface area contributed by atoms with Gasteiger partial charge in [0.2, 0.25) is 5.91 Å². The minimum Gasteiger partial charge on any atom is -0.456 e. The van der Waals surface area contributed by atoms with Gasteiger partial charge in [-0.2, -0.15) is 0 Å². The summed E-state index contributed by atoms with van der Waals surface area (Å²) in [6.07, 6.45) is 4.10. The molecule has 2 aromatic carbocycles. The highest BCUT2D eigenvalue weighted by Gasteiger charge is 2.45. The first-order valence-corrected chi connectivity index (χ1v) is 14.0. The third kappa shape index (κ3) is 6.23. The fourth-order valence-corrected chi connectivity index (χ4v) is 6.18. The van der Waals surface area contributed by atoms with Crippen molar-refractivity contribution in [2.24, 2.45) is 17.6 Å². The Morgan fingerprint density at radius 2 is 1.87 bits per heavy atom. The van der Waals surface area contributed by atoms with Crippen LogP contribution in [0.5, 0.6) is 11.5 Å². The lowest BCUT2D eigenvalue weighted by Crippen LogP contribution is -2.49. The summed E-state index contributed by atoms with van der Waals surface area (Å²) in [6.45, 7) is 5.79. The minimum atomic E-state index is -1.18. The van der Waals surface area contributed by atoms with Crippen LogP contribution in [0.3, 0.4) is 0 Å². The van der Waals surface area contributed by atoms with Crippen molar-refractivity contribution in [3.63, 3.8) is 0 Å². The summed E-state index contributed by atoms with van der Waals surface area (Å²) in [4.78, 5) is 15.3. The standard InChI is InChI=1S/C31H44N2O5/c1-21-10-4-5-14-28(21)38-29-22(2)11-8-13-25(29)31(36,15-6-7-17-37-3)24-12-9-16-33(20-24)30(35)23-18-26(32)27(34)19-23/h4-5,8,10-11,13-14,23-24,26-27,34,36H,6-7,9,12,15-20,32H2,1-3H3/t23-,24+,26+,27-,31-/m0/s1. The van der Waals surface area contributed by atoms with Crippen molar-refractivity contribution < 1.29 is 24.5 Å². The number of nitrogens with two attached hydrogens (primary N) is 1. The molecule has 1 heterocycles. The molecule has 7 nitrogen and oxygen atoms in total. The molecule has 7 heteroatoms. The maximum absolute atomic E-state index is 13.4. The SMILES string of the molecule is COCCCC[C@@](O)(c1cccc(C)c1Oc1ccccc1C)[C@@H]1CCCN(C(=O)[C@H]2C[C@@H](N)[C@@H](O)C2)C1. The quantitative estimate of drug-likeness (QED) is 0.397. The molecule has 0 bridgehead atoms. The van der Waals surface area contributed by atoms with E-state index in [4.69, 9.17) is 15.2 Å². The average Bonchev–Trinajstić information content (AvgIpc) is 3.26. The summed E-state index contributed by atoms with van der Waals surface area (Å²) in [6, 6.07) is 13.5. The number of amides is 1. The van der Waals surface area contributed by atoms with Crippen molar-refractivity contribution in [2.75, 3.05) is 26.8 Å². The molecule has 4 rings (SSSR count). The fraction of sp³-hybridized carbons (Fsp3) is 0.581. The second-order valence-corrected chi connectivity index (χ2v) is 11.2. The Morgan fingerprint density at radius 3 is 2.58 bits per heavy atom. The lowest BCUT2D eigenvalue weighted by atomic mass is 9.73. The number of carbonyl (C=O) groups is 1. The Hall–Kier alpha value is -2.45. The predicted molar refractivity (Wildman–Crippen MR) is 148 cm³/mol. The number of rotatable bonds is 10. The molecule has 0 radical (unpaired) electrons. The number of unbranched alkanes of at least 4 members (excludes halogenated alkanes) is 1. The highest BCUT2D eigenvalue weighted by atomic mass is 16.5. The molecule has 2 aliphatic rings. The second kappa shape index (κ2) is 12.6. The number of nitrogens with zero attached hydrogens (tertiary/aromatic N) is 1. The summed E-state index contributed by atoms with van der Waals surface area (Å²) in [7, 11) is 1.69. The Morgan fingerprint density at radius 1 is 1.11 bits per heavy atom. The second-order valence-electron chi connectivity index (χ2n) is 11.2. The largest absolute Gasteiger partial charge is 0.456 e. The molecule has 4 N–H and O–H groups in total. The van der Waals surface area contributed by atoms with Gasteiger partial charge in [0.1, 0.15) is 11.5 Å². The number of hydrogen-bond acceptors (Lipinski definition) is 6.